The lowest BCUT2D eigenvalue weighted by Crippen LogP contribution is -2.36. The summed E-state index contributed by atoms with van der Waals surface area (Å²) in [7, 11) is 0. The predicted octanol–water partition coefficient (Wildman–Crippen LogP) is 4.18. The Hall–Kier alpha value is -1.75. The van der Waals surface area contributed by atoms with E-state index >= 15 is 0 Å². The van der Waals surface area contributed by atoms with E-state index in [4.69, 9.17) is 11.6 Å². The number of hydrogen-bond acceptors (Lipinski definition) is 2. The molecule has 1 saturated carbocycles. The Labute approximate surface area is 148 Å². The Morgan fingerprint density at radius 3 is 2.54 bits per heavy atom. The maximum atomic E-state index is 12.2. The summed E-state index contributed by atoms with van der Waals surface area (Å²) < 4.78 is 0. The first-order chi connectivity index (χ1) is 11.3. The predicted molar refractivity (Wildman–Crippen MR) is 97.6 cm³/mol. The van der Waals surface area contributed by atoms with Crippen LogP contribution >= 0.6 is 11.6 Å². The maximum absolute atomic E-state index is 12.2. The van der Waals surface area contributed by atoms with Crippen molar-refractivity contribution in [1.82, 2.24) is 10.6 Å². The Morgan fingerprint density at radius 2 is 1.92 bits per heavy atom. The first kappa shape index (κ1) is 18.6. The average Bonchev–Trinajstić information content (AvgIpc) is 3.30. The molecule has 0 bridgehead atoms. The molecule has 0 aromatic heterocycles. The van der Waals surface area contributed by atoms with Gasteiger partial charge in [-0.1, -0.05) is 25.4 Å². The van der Waals surface area contributed by atoms with Gasteiger partial charge in [0.05, 0.1) is 10.6 Å². The van der Waals surface area contributed by atoms with Gasteiger partial charge in [-0.3, -0.25) is 4.79 Å². The van der Waals surface area contributed by atoms with Gasteiger partial charge in [0.1, 0.15) is 0 Å². The van der Waals surface area contributed by atoms with Crippen LogP contribution < -0.4 is 16.0 Å². The fourth-order valence-electron chi connectivity index (χ4n) is 2.31. The van der Waals surface area contributed by atoms with Gasteiger partial charge in [0.15, 0.2) is 0 Å². The SMILES string of the molecule is CC(C)CCC(C)NC(=O)Nc1ccc(Cl)c(C(=O)NC2CC2)c1. The lowest BCUT2D eigenvalue weighted by molar-refractivity contribution is 0.0951. The van der Waals surface area contributed by atoms with Crippen LogP contribution in [0.4, 0.5) is 10.5 Å². The Kier molecular flexibility index (Phi) is 6.49. The molecule has 0 heterocycles. The van der Waals surface area contributed by atoms with Crippen molar-refractivity contribution in [3.05, 3.63) is 28.8 Å². The third-order valence-corrected chi connectivity index (χ3v) is 4.27. The lowest BCUT2D eigenvalue weighted by Gasteiger charge is -2.16. The summed E-state index contributed by atoms with van der Waals surface area (Å²) in [4.78, 5) is 24.2. The molecule has 1 fully saturated rings. The van der Waals surface area contributed by atoms with Crippen LogP contribution in [0.15, 0.2) is 18.2 Å². The third kappa shape index (κ3) is 6.04. The molecule has 0 aliphatic heterocycles. The molecule has 0 radical (unpaired) electrons. The van der Waals surface area contributed by atoms with Crippen molar-refractivity contribution >= 4 is 29.2 Å². The molecule has 132 valence electrons. The van der Waals surface area contributed by atoms with Gasteiger partial charge in [-0.05, 0) is 56.7 Å². The van der Waals surface area contributed by atoms with Crippen LogP contribution in [0.5, 0.6) is 0 Å². The normalized spacial score (nSPS) is 15.0. The number of nitrogens with one attached hydrogen (secondary N) is 3. The number of carbonyl (C=O) groups is 2. The second kappa shape index (κ2) is 8.38. The van der Waals surface area contributed by atoms with Gasteiger partial charge in [0.2, 0.25) is 0 Å². The Morgan fingerprint density at radius 1 is 1.21 bits per heavy atom. The molecule has 3 amide bonds. The van der Waals surface area contributed by atoms with Crippen molar-refractivity contribution in [2.45, 2.75) is 58.5 Å². The highest BCUT2D eigenvalue weighted by atomic mass is 35.5. The van der Waals surface area contributed by atoms with Gasteiger partial charge in [-0.2, -0.15) is 0 Å². The van der Waals surface area contributed by atoms with Gasteiger partial charge >= 0.3 is 6.03 Å². The van der Waals surface area contributed by atoms with Gasteiger partial charge in [-0.25, -0.2) is 4.79 Å². The van der Waals surface area contributed by atoms with E-state index in [1.165, 1.54) is 0 Å². The van der Waals surface area contributed by atoms with Crippen molar-refractivity contribution in [3.63, 3.8) is 0 Å². The zero-order valence-electron chi connectivity index (χ0n) is 14.5. The average molecular weight is 352 g/mol. The second-order valence-electron chi connectivity index (χ2n) is 6.91. The molecule has 2 rings (SSSR count). The number of rotatable bonds is 7. The molecule has 1 atom stereocenters. The summed E-state index contributed by atoms with van der Waals surface area (Å²) in [5.41, 5.74) is 0.933. The zero-order valence-corrected chi connectivity index (χ0v) is 15.2. The maximum Gasteiger partial charge on any atom is 0.319 e. The molecular formula is C18H26ClN3O2. The van der Waals surface area contributed by atoms with Crippen molar-refractivity contribution in [1.29, 1.82) is 0 Å². The van der Waals surface area contributed by atoms with Gasteiger partial charge < -0.3 is 16.0 Å². The monoisotopic (exact) mass is 351 g/mol. The summed E-state index contributed by atoms with van der Waals surface area (Å²) >= 11 is 6.10. The number of halogens is 1. The first-order valence-corrected chi connectivity index (χ1v) is 8.91. The number of carbonyl (C=O) groups excluding carboxylic acids is 2. The fourth-order valence-corrected chi connectivity index (χ4v) is 2.52. The smallest absolute Gasteiger partial charge is 0.319 e. The number of urea groups is 1. The van der Waals surface area contributed by atoms with Crippen LogP contribution in [0.1, 0.15) is 56.8 Å². The topological polar surface area (TPSA) is 70.2 Å². The van der Waals surface area contributed by atoms with Crippen molar-refractivity contribution in [2.75, 3.05) is 5.32 Å². The standard InChI is InChI=1S/C18H26ClN3O2/c1-11(2)4-5-12(3)20-18(24)22-14-8-9-16(19)15(10-14)17(23)21-13-6-7-13/h8-13H,4-7H2,1-3H3,(H,21,23)(H2,20,22,24). The van der Waals surface area contributed by atoms with Crippen molar-refractivity contribution in [3.8, 4) is 0 Å². The first-order valence-electron chi connectivity index (χ1n) is 8.53. The third-order valence-electron chi connectivity index (χ3n) is 3.94. The quantitative estimate of drug-likeness (QED) is 0.689. The van der Waals surface area contributed by atoms with E-state index in [0.29, 0.717) is 22.2 Å². The van der Waals surface area contributed by atoms with Crippen LogP contribution in [0.2, 0.25) is 5.02 Å². The molecule has 1 aromatic carbocycles. The van der Waals surface area contributed by atoms with Crippen molar-refractivity contribution in [2.24, 2.45) is 5.92 Å². The largest absolute Gasteiger partial charge is 0.349 e. The fraction of sp³-hybridized carbons (Fsp3) is 0.556. The molecule has 6 heteroatoms. The van der Waals surface area contributed by atoms with E-state index in [1.807, 2.05) is 6.92 Å². The lowest BCUT2D eigenvalue weighted by atomic mass is 10.0. The second-order valence-corrected chi connectivity index (χ2v) is 7.32. The van der Waals surface area contributed by atoms with Crippen LogP contribution in [0.25, 0.3) is 0 Å². The summed E-state index contributed by atoms with van der Waals surface area (Å²) in [6, 6.07) is 5.00. The van der Waals surface area contributed by atoms with E-state index in [1.54, 1.807) is 18.2 Å². The minimum atomic E-state index is -0.276. The molecule has 0 saturated heterocycles. The van der Waals surface area contributed by atoms with Crippen LogP contribution in [0, 0.1) is 5.92 Å². The molecule has 0 spiro atoms. The van der Waals surface area contributed by atoms with Gasteiger partial charge in [0, 0.05) is 17.8 Å². The summed E-state index contributed by atoms with van der Waals surface area (Å²) in [5.74, 6) is 0.415. The highest BCUT2D eigenvalue weighted by molar-refractivity contribution is 6.34. The number of amides is 3. The summed E-state index contributed by atoms with van der Waals surface area (Å²) in [5, 5.41) is 8.95. The van der Waals surface area contributed by atoms with Gasteiger partial charge in [-0.15, -0.1) is 0 Å². The zero-order chi connectivity index (χ0) is 17.7. The highest BCUT2D eigenvalue weighted by Crippen LogP contribution is 2.24. The highest BCUT2D eigenvalue weighted by Gasteiger charge is 2.24. The van der Waals surface area contributed by atoms with E-state index in [2.05, 4.69) is 29.8 Å². The molecule has 24 heavy (non-hydrogen) atoms. The minimum absolute atomic E-state index is 0.0948. The number of benzene rings is 1. The molecule has 1 unspecified atom stereocenters. The Balaban J connectivity index is 1.91. The van der Waals surface area contributed by atoms with E-state index in [-0.39, 0.29) is 24.0 Å². The number of anilines is 1. The van der Waals surface area contributed by atoms with Crippen molar-refractivity contribution < 1.29 is 9.59 Å². The van der Waals surface area contributed by atoms with Crippen LogP contribution in [-0.4, -0.2) is 24.0 Å². The minimum Gasteiger partial charge on any atom is -0.349 e. The molecular weight excluding hydrogens is 326 g/mol. The van der Waals surface area contributed by atoms with Crippen LogP contribution in [0.3, 0.4) is 0 Å². The number of hydrogen-bond donors (Lipinski definition) is 3. The van der Waals surface area contributed by atoms with Crippen LogP contribution in [-0.2, 0) is 0 Å². The molecule has 3 N–H and O–H groups in total. The summed E-state index contributed by atoms with van der Waals surface area (Å²) in [6.07, 6.45) is 4.02. The van der Waals surface area contributed by atoms with Gasteiger partial charge in [0.25, 0.3) is 5.91 Å². The molecule has 1 aliphatic carbocycles. The Bertz CT molecular complexity index is 600. The van der Waals surface area contributed by atoms with E-state index in [9.17, 15) is 9.59 Å². The molecule has 5 nitrogen and oxygen atoms in total. The van der Waals surface area contributed by atoms with E-state index < -0.39 is 0 Å². The van der Waals surface area contributed by atoms with E-state index in [0.717, 1.165) is 25.7 Å². The molecule has 1 aromatic rings. The summed E-state index contributed by atoms with van der Waals surface area (Å²) in [6.45, 7) is 6.31. The molecule has 1 aliphatic rings.